The van der Waals surface area contributed by atoms with E-state index in [1.54, 1.807) is 59.1 Å². The van der Waals surface area contributed by atoms with Gasteiger partial charge in [0.05, 0.1) is 51.5 Å². The molecule has 2 aliphatic rings. The van der Waals surface area contributed by atoms with Gasteiger partial charge in [0, 0.05) is 54.6 Å². The van der Waals surface area contributed by atoms with Gasteiger partial charge in [0.15, 0.2) is 11.6 Å². The van der Waals surface area contributed by atoms with Crippen LogP contribution in [0.25, 0.3) is 22.3 Å². The Morgan fingerprint density at radius 2 is 1.07 bits per heavy atom. The van der Waals surface area contributed by atoms with Gasteiger partial charge in [-0.05, 0) is 131 Å². The number of nitriles is 1. The molecule has 7 heterocycles. The number of fused-ring (bicyclic) bond motifs is 2. The Kier molecular flexibility index (Phi) is 11.1. The molecule has 0 radical (unpaired) electrons. The van der Waals surface area contributed by atoms with Crippen molar-refractivity contribution in [3.8, 4) is 28.3 Å². The Balaban J connectivity index is 0.000000153. The van der Waals surface area contributed by atoms with E-state index in [1.165, 1.54) is 6.20 Å². The lowest BCUT2D eigenvalue weighted by molar-refractivity contribution is -0.122. The molecule has 298 valence electrons. The van der Waals surface area contributed by atoms with Crippen LogP contribution in [0.15, 0.2) is 123 Å². The fraction of sp³-hybridized carbons (Fsp3) is 0.208. The third-order valence-corrected chi connectivity index (χ3v) is 10.5. The predicted molar refractivity (Wildman–Crippen MR) is 232 cm³/mol. The number of aromatic nitrogens is 7. The number of hydrogen-bond donors (Lipinski definition) is 0. The smallest absolute Gasteiger partial charge is 0.242 e. The zero-order valence-corrected chi connectivity index (χ0v) is 34.8. The minimum atomic E-state index is -0.607. The molecule has 9 rings (SSSR count). The molecule has 0 fully saturated rings. The van der Waals surface area contributed by atoms with Crippen LogP contribution >= 0.6 is 0 Å². The molecule has 2 aliphatic heterocycles. The minimum Gasteiger partial charge on any atom is -0.273 e. The highest BCUT2D eigenvalue weighted by Gasteiger charge is 2.46. The van der Waals surface area contributed by atoms with Crippen LogP contribution in [0.4, 0.5) is 23.0 Å². The van der Waals surface area contributed by atoms with Crippen molar-refractivity contribution in [2.24, 2.45) is 0 Å². The van der Waals surface area contributed by atoms with E-state index < -0.39 is 10.8 Å². The van der Waals surface area contributed by atoms with E-state index in [-0.39, 0.29) is 11.8 Å². The van der Waals surface area contributed by atoms with E-state index in [1.807, 2.05) is 104 Å². The molecule has 0 N–H and O–H groups in total. The number of aryl methyl sites for hydroxylation is 4. The van der Waals surface area contributed by atoms with Crippen molar-refractivity contribution in [1.29, 1.82) is 5.26 Å². The molecule has 60 heavy (non-hydrogen) atoms. The zero-order chi connectivity index (χ0) is 42.8. The number of benzene rings is 2. The number of rotatable bonds is 4. The molecule has 12 nitrogen and oxygen atoms in total. The van der Waals surface area contributed by atoms with Crippen molar-refractivity contribution in [3.05, 3.63) is 162 Å². The third kappa shape index (κ3) is 7.98. The summed E-state index contributed by atoms with van der Waals surface area (Å²) in [5.74, 6) is 1.13. The highest BCUT2D eigenvalue weighted by Crippen LogP contribution is 2.47. The van der Waals surface area contributed by atoms with E-state index in [4.69, 9.17) is 5.26 Å². The van der Waals surface area contributed by atoms with Crippen molar-refractivity contribution >= 4 is 34.8 Å². The minimum absolute atomic E-state index is 0.00640. The van der Waals surface area contributed by atoms with E-state index in [0.29, 0.717) is 17.2 Å². The molecule has 0 saturated carbocycles. The molecule has 12 heteroatoms. The first-order valence-electron chi connectivity index (χ1n) is 19.4. The molecule has 0 spiro atoms. The standard InChI is InChI=1S/2C21H20N4O.C6H4N2/c1-13-7-16(11-22-9-13)15-5-6-17-18(8-15)25(20(26)21(17,3)4)19-12-23-10-14(2)24-19;1-13-9-16(7-8-23-13)15-5-6-17-18(10-15)25(20(26)21(17,3)4)19-12-22-11-14(2)24-19;7-4-6-2-1-3-8-5-6/h2*5-12H,1-4H3;1-3,5H. The Morgan fingerprint density at radius 1 is 0.533 bits per heavy atom. The first-order chi connectivity index (χ1) is 28.7. The van der Waals surface area contributed by atoms with Gasteiger partial charge in [0.25, 0.3) is 0 Å². The van der Waals surface area contributed by atoms with Gasteiger partial charge < -0.3 is 0 Å². The van der Waals surface area contributed by atoms with Crippen molar-refractivity contribution in [3.63, 3.8) is 0 Å². The average Bonchev–Trinajstić information content (AvgIpc) is 3.57. The van der Waals surface area contributed by atoms with Crippen molar-refractivity contribution in [1.82, 2.24) is 34.9 Å². The lowest BCUT2D eigenvalue weighted by atomic mass is 9.85. The molecule has 7 aromatic rings. The second kappa shape index (κ2) is 16.4. The van der Waals surface area contributed by atoms with Crippen molar-refractivity contribution < 1.29 is 9.59 Å². The number of carbonyl (C=O) groups is 2. The summed E-state index contributed by atoms with van der Waals surface area (Å²) >= 11 is 0. The van der Waals surface area contributed by atoms with Crippen LogP contribution in [-0.4, -0.2) is 46.7 Å². The van der Waals surface area contributed by atoms with Crippen LogP contribution in [0.2, 0.25) is 0 Å². The summed E-state index contributed by atoms with van der Waals surface area (Å²) < 4.78 is 0. The molecular formula is C48H44N10O2. The maximum Gasteiger partial charge on any atom is 0.242 e. The van der Waals surface area contributed by atoms with Gasteiger partial charge in [0.1, 0.15) is 6.07 Å². The van der Waals surface area contributed by atoms with Crippen LogP contribution in [0, 0.1) is 39.0 Å². The maximum absolute atomic E-state index is 13.1. The molecule has 0 saturated heterocycles. The van der Waals surface area contributed by atoms with Crippen LogP contribution in [0.5, 0.6) is 0 Å². The van der Waals surface area contributed by atoms with Crippen LogP contribution in [0.3, 0.4) is 0 Å². The summed E-state index contributed by atoms with van der Waals surface area (Å²) in [6, 6.07) is 23.8. The second-order valence-corrected chi connectivity index (χ2v) is 15.8. The Hall–Kier alpha value is -7.52. The highest BCUT2D eigenvalue weighted by molar-refractivity contribution is 6.13. The molecule has 0 bridgehead atoms. The van der Waals surface area contributed by atoms with E-state index >= 15 is 0 Å². The Bertz CT molecular complexity index is 2630. The lowest BCUT2D eigenvalue weighted by Crippen LogP contribution is -2.33. The molecule has 0 aliphatic carbocycles. The van der Waals surface area contributed by atoms with Gasteiger partial charge in [0.2, 0.25) is 11.8 Å². The molecule has 0 unspecified atom stereocenters. The summed E-state index contributed by atoms with van der Waals surface area (Å²) in [5.41, 5.74) is 10.9. The number of carbonyl (C=O) groups excluding carboxylic acids is 2. The normalized spacial score (nSPS) is 14.2. The van der Waals surface area contributed by atoms with Crippen molar-refractivity contribution in [2.45, 2.75) is 66.2 Å². The fourth-order valence-electron chi connectivity index (χ4n) is 7.30. The average molecular weight is 793 g/mol. The van der Waals surface area contributed by atoms with Gasteiger partial charge in [-0.1, -0.05) is 24.3 Å². The van der Waals surface area contributed by atoms with Crippen LogP contribution in [0.1, 0.15) is 67.0 Å². The number of anilines is 4. The van der Waals surface area contributed by atoms with Crippen LogP contribution < -0.4 is 9.80 Å². The first kappa shape index (κ1) is 40.7. The monoisotopic (exact) mass is 792 g/mol. The SMILES string of the molecule is Cc1cc(-c2ccc3c(c2)N(c2cncc(C)n2)C(=O)C3(C)C)ccn1.Cc1cncc(-c2ccc3c(c2)N(c2cncc(C)n2)C(=O)C3(C)C)c1.N#Cc1cccnc1. The highest BCUT2D eigenvalue weighted by atomic mass is 16.2. The lowest BCUT2D eigenvalue weighted by Gasteiger charge is -2.19. The quantitative estimate of drug-likeness (QED) is 0.169. The number of nitrogens with zero attached hydrogens (tertiary/aromatic N) is 10. The third-order valence-electron chi connectivity index (χ3n) is 10.5. The Morgan fingerprint density at radius 3 is 1.53 bits per heavy atom. The summed E-state index contributed by atoms with van der Waals surface area (Å²) in [6.45, 7) is 15.5. The predicted octanol–water partition coefficient (Wildman–Crippen LogP) is 9.18. The zero-order valence-electron chi connectivity index (χ0n) is 34.8. The van der Waals surface area contributed by atoms with E-state index in [2.05, 4.69) is 59.2 Å². The van der Waals surface area contributed by atoms with Crippen molar-refractivity contribution in [2.75, 3.05) is 9.80 Å². The summed E-state index contributed by atoms with van der Waals surface area (Å²) in [6.07, 6.45) is 15.3. The largest absolute Gasteiger partial charge is 0.273 e. The molecule has 2 amide bonds. The van der Waals surface area contributed by atoms with Gasteiger partial charge in [-0.25, -0.2) is 9.97 Å². The van der Waals surface area contributed by atoms with E-state index in [9.17, 15) is 9.59 Å². The number of pyridine rings is 3. The second-order valence-electron chi connectivity index (χ2n) is 15.8. The Labute approximate surface area is 349 Å². The molecule has 0 atom stereocenters. The summed E-state index contributed by atoms with van der Waals surface area (Å²) in [4.78, 5) is 59.4. The molecule has 2 aromatic carbocycles. The van der Waals surface area contributed by atoms with Gasteiger partial charge in [-0.15, -0.1) is 0 Å². The fourth-order valence-corrected chi connectivity index (χ4v) is 7.30. The van der Waals surface area contributed by atoms with Gasteiger partial charge >= 0.3 is 0 Å². The van der Waals surface area contributed by atoms with Crippen LogP contribution in [-0.2, 0) is 20.4 Å². The number of hydrogen-bond acceptors (Lipinski definition) is 10. The number of amides is 2. The van der Waals surface area contributed by atoms with Gasteiger partial charge in [-0.2, -0.15) is 5.26 Å². The van der Waals surface area contributed by atoms with E-state index in [0.717, 1.165) is 67.4 Å². The summed E-state index contributed by atoms with van der Waals surface area (Å²) in [7, 11) is 0. The topological polar surface area (TPSA) is 155 Å². The maximum atomic E-state index is 13.1. The first-order valence-corrected chi connectivity index (χ1v) is 19.4. The molecular weight excluding hydrogens is 749 g/mol. The summed E-state index contributed by atoms with van der Waals surface area (Å²) in [5, 5.41) is 8.25. The molecule has 5 aromatic heterocycles. The van der Waals surface area contributed by atoms with Gasteiger partial charge in [-0.3, -0.25) is 44.3 Å².